The lowest BCUT2D eigenvalue weighted by Crippen LogP contribution is -2.36. The van der Waals surface area contributed by atoms with Crippen LogP contribution in [0.5, 0.6) is 0 Å². The minimum Gasteiger partial charge on any atom is -0.466 e. The molecule has 1 saturated heterocycles. The lowest BCUT2D eigenvalue weighted by Gasteiger charge is -2.30. The molecule has 2 aromatic carbocycles. The molecule has 1 fully saturated rings. The molecule has 0 saturated carbocycles. The van der Waals surface area contributed by atoms with Crippen molar-refractivity contribution in [2.75, 3.05) is 19.7 Å². The van der Waals surface area contributed by atoms with Gasteiger partial charge in [-0.25, -0.2) is 0 Å². The number of rotatable bonds is 6. The van der Waals surface area contributed by atoms with Crippen LogP contribution in [0.1, 0.15) is 25.3 Å². The topological polar surface area (TPSA) is 29.5 Å². The summed E-state index contributed by atoms with van der Waals surface area (Å²) in [6.07, 6.45) is 1.80. The molecule has 1 heterocycles. The largest absolute Gasteiger partial charge is 0.466 e. The number of hydrogen-bond donors (Lipinski definition) is 0. The molecule has 0 aromatic heterocycles. The highest BCUT2D eigenvalue weighted by molar-refractivity contribution is 7.99. The van der Waals surface area contributed by atoms with Crippen molar-refractivity contribution in [3.8, 4) is 0 Å². The molecule has 3 rings (SSSR count). The average Bonchev–Trinajstić information content (AvgIpc) is 2.64. The van der Waals surface area contributed by atoms with E-state index in [9.17, 15) is 4.79 Å². The Hall–Kier alpha value is -1.78. The number of benzene rings is 2. The summed E-state index contributed by atoms with van der Waals surface area (Å²) >= 11 is 1.79. The van der Waals surface area contributed by atoms with Gasteiger partial charge in [0.25, 0.3) is 0 Å². The summed E-state index contributed by atoms with van der Waals surface area (Å²) in [5, 5.41) is 0. The van der Waals surface area contributed by atoms with Gasteiger partial charge in [-0.15, -0.1) is 0 Å². The number of nitrogens with zero attached hydrogens (tertiary/aromatic N) is 1. The van der Waals surface area contributed by atoms with E-state index in [1.807, 2.05) is 13.0 Å². The van der Waals surface area contributed by atoms with Gasteiger partial charge in [0.05, 0.1) is 12.5 Å². The first kappa shape index (κ1) is 18.0. The maximum Gasteiger partial charge on any atom is 0.309 e. The zero-order valence-corrected chi connectivity index (χ0v) is 15.5. The number of esters is 1. The molecule has 1 aliphatic heterocycles. The first-order valence-corrected chi connectivity index (χ1v) is 9.77. The fourth-order valence-corrected chi connectivity index (χ4v) is 4.10. The Morgan fingerprint density at radius 3 is 2.52 bits per heavy atom. The van der Waals surface area contributed by atoms with Crippen LogP contribution in [-0.2, 0) is 16.1 Å². The van der Waals surface area contributed by atoms with Crippen molar-refractivity contribution in [3.63, 3.8) is 0 Å². The number of likely N-dealkylation sites (tertiary alicyclic amines) is 1. The molecule has 0 unspecified atom stereocenters. The molecule has 0 amide bonds. The van der Waals surface area contributed by atoms with E-state index in [2.05, 4.69) is 53.4 Å². The molecule has 4 heteroatoms. The fraction of sp³-hybridized carbons (Fsp3) is 0.381. The number of carbonyl (C=O) groups is 1. The Bertz CT molecular complexity index is 681. The van der Waals surface area contributed by atoms with E-state index in [0.29, 0.717) is 6.61 Å². The van der Waals surface area contributed by atoms with Gasteiger partial charge < -0.3 is 4.74 Å². The van der Waals surface area contributed by atoms with Crippen LogP contribution >= 0.6 is 11.8 Å². The van der Waals surface area contributed by atoms with Crippen LogP contribution in [-0.4, -0.2) is 30.6 Å². The number of carbonyl (C=O) groups excluding carboxylic acids is 1. The summed E-state index contributed by atoms with van der Waals surface area (Å²) in [4.78, 5) is 16.8. The molecular formula is C21H25NO2S. The molecule has 2 aromatic rings. The zero-order chi connectivity index (χ0) is 17.5. The minimum absolute atomic E-state index is 0.0246. The van der Waals surface area contributed by atoms with Gasteiger partial charge in [-0.2, -0.15) is 0 Å². The molecule has 25 heavy (non-hydrogen) atoms. The van der Waals surface area contributed by atoms with E-state index in [-0.39, 0.29) is 11.9 Å². The predicted molar refractivity (Wildman–Crippen MR) is 102 cm³/mol. The Labute approximate surface area is 154 Å². The monoisotopic (exact) mass is 355 g/mol. The van der Waals surface area contributed by atoms with Crippen molar-refractivity contribution in [2.24, 2.45) is 5.92 Å². The van der Waals surface area contributed by atoms with E-state index >= 15 is 0 Å². The maximum atomic E-state index is 11.8. The third kappa shape index (κ3) is 5.35. The standard InChI is InChI=1S/C21H25NO2S/c1-2-24-21(23)18-11-13-22(14-12-18)16-17-7-6-10-20(15-17)25-19-8-4-3-5-9-19/h3-10,15,18H,2,11-14,16H2,1H3. The van der Waals surface area contributed by atoms with Gasteiger partial charge in [-0.3, -0.25) is 9.69 Å². The summed E-state index contributed by atoms with van der Waals surface area (Å²) in [5.74, 6) is 0.0552. The van der Waals surface area contributed by atoms with Crippen LogP contribution in [0.15, 0.2) is 64.4 Å². The van der Waals surface area contributed by atoms with Crippen LogP contribution in [0.2, 0.25) is 0 Å². The van der Waals surface area contributed by atoms with Gasteiger partial charge in [0.15, 0.2) is 0 Å². The lowest BCUT2D eigenvalue weighted by molar-refractivity contribution is -0.149. The maximum absolute atomic E-state index is 11.8. The van der Waals surface area contributed by atoms with E-state index in [1.165, 1.54) is 15.4 Å². The van der Waals surface area contributed by atoms with Crippen LogP contribution in [0, 0.1) is 5.92 Å². The third-order valence-electron chi connectivity index (χ3n) is 4.49. The predicted octanol–water partition coefficient (Wildman–Crippen LogP) is 4.61. The Balaban J connectivity index is 1.54. The number of ether oxygens (including phenoxy) is 1. The molecule has 0 radical (unpaired) electrons. The summed E-state index contributed by atoms with van der Waals surface area (Å²) in [6, 6.07) is 19.2. The van der Waals surface area contributed by atoms with Gasteiger partial charge in [0.2, 0.25) is 0 Å². The molecule has 3 nitrogen and oxygen atoms in total. The molecule has 132 valence electrons. The lowest BCUT2D eigenvalue weighted by atomic mass is 9.96. The van der Waals surface area contributed by atoms with Crippen molar-refractivity contribution in [2.45, 2.75) is 36.1 Å². The average molecular weight is 356 g/mol. The van der Waals surface area contributed by atoms with Crippen LogP contribution in [0.3, 0.4) is 0 Å². The van der Waals surface area contributed by atoms with Gasteiger partial charge in [0, 0.05) is 16.3 Å². The highest BCUT2D eigenvalue weighted by atomic mass is 32.2. The fourth-order valence-electron chi connectivity index (χ4n) is 3.18. The number of hydrogen-bond acceptors (Lipinski definition) is 4. The van der Waals surface area contributed by atoms with Crippen molar-refractivity contribution in [1.82, 2.24) is 4.90 Å². The molecule has 0 atom stereocenters. The van der Waals surface area contributed by atoms with Gasteiger partial charge >= 0.3 is 5.97 Å². The molecular weight excluding hydrogens is 330 g/mol. The zero-order valence-electron chi connectivity index (χ0n) is 14.7. The van der Waals surface area contributed by atoms with Gasteiger partial charge in [0.1, 0.15) is 0 Å². The summed E-state index contributed by atoms with van der Waals surface area (Å²) < 4.78 is 5.15. The quantitative estimate of drug-likeness (QED) is 0.708. The SMILES string of the molecule is CCOC(=O)C1CCN(Cc2cccc(Sc3ccccc3)c2)CC1. The van der Waals surface area contributed by atoms with Crippen molar-refractivity contribution in [3.05, 3.63) is 60.2 Å². The van der Waals surface area contributed by atoms with Crippen molar-refractivity contribution in [1.29, 1.82) is 0 Å². The Morgan fingerprint density at radius 2 is 1.80 bits per heavy atom. The normalized spacial score (nSPS) is 15.9. The first-order valence-electron chi connectivity index (χ1n) is 8.95. The summed E-state index contributed by atoms with van der Waals surface area (Å²) in [5.41, 5.74) is 1.33. The Morgan fingerprint density at radius 1 is 1.08 bits per heavy atom. The molecule has 0 bridgehead atoms. The van der Waals surface area contributed by atoms with Crippen LogP contribution in [0.4, 0.5) is 0 Å². The second kappa shape index (κ2) is 9.07. The molecule has 0 aliphatic carbocycles. The smallest absolute Gasteiger partial charge is 0.309 e. The first-order chi connectivity index (χ1) is 12.2. The Kier molecular flexibility index (Phi) is 6.54. The highest BCUT2D eigenvalue weighted by Gasteiger charge is 2.25. The van der Waals surface area contributed by atoms with E-state index < -0.39 is 0 Å². The molecule has 0 spiro atoms. The van der Waals surface area contributed by atoms with Crippen molar-refractivity contribution >= 4 is 17.7 Å². The summed E-state index contributed by atoms with van der Waals surface area (Å²) in [6.45, 7) is 5.20. The minimum atomic E-state index is -0.0246. The summed E-state index contributed by atoms with van der Waals surface area (Å²) in [7, 11) is 0. The van der Waals surface area contributed by atoms with Crippen LogP contribution < -0.4 is 0 Å². The molecule has 1 aliphatic rings. The van der Waals surface area contributed by atoms with E-state index in [4.69, 9.17) is 4.74 Å². The van der Waals surface area contributed by atoms with Gasteiger partial charge in [-0.1, -0.05) is 42.1 Å². The molecule has 0 N–H and O–H groups in total. The second-order valence-corrected chi connectivity index (χ2v) is 7.51. The van der Waals surface area contributed by atoms with E-state index in [0.717, 1.165) is 32.5 Å². The van der Waals surface area contributed by atoms with E-state index in [1.54, 1.807) is 11.8 Å². The van der Waals surface area contributed by atoms with Gasteiger partial charge in [-0.05, 0) is 62.7 Å². The highest BCUT2D eigenvalue weighted by Crippen LogP contribution is 2.28. The number of piperidine rings is 1. The second-order valence-electron chi connectivity index (χ2n) is 6.36. The third-order valence-corrected chi connectivity index (χ3v) is 5.49. The van der Waals surface area contributed by atoms with Crippen molar-refractivity contribution < 1.29 is 9.53 Å². The van der Waals surface area contributed by atoms with Crippen LogP contribution in [0.25, 0.3) is 0 Å².